The first-order valence-corrected chi connectivity index (χ1v) is 5.22. The Bertz CT molecular complexity index is 377. The molecule has 1 aliphatic heterocycles. The molecule has 2 rings (SSSR count). The van der Waals surface area contributed by atoms with Gasteiger partial charge >= 0.3 is 0 Å². The van der Waals surface area contributed by atoms with Crippen LogP contribution < -0.4 is 4.90 Å². The zero-order valence-corrected chi connectivity index (χ0v) is 8.54. The van der Waals surface area contributed by atoms with Crippen molar-refractivity contribution in [2.24, 2.45) is 0 Å². The van der Waals surface area contributed by atoms with E-state index in [1.807, 2.05) is 37.3 Å². The maximum atomic E-state index is 11.7. The van der Waals surface area contributed by atoms with Crippen molar-refractivity contribution in [3.63, 3.8) is 0 Å². The van der Waals surface area contributed by atoms with Gasteiger partial charge in [0.1, 0.15) is 0 Å². The summed E-state index contributed by atoms with van der Waals surface area (Å²) >= 11 is 1.29. The second kappa shape index (κ2) is 3.46. The van der Waals surface area contributed by atoms with E-state index in [4.69, 9.17) is 5.41 Å². The Morgan fingerprint density at radius 3 is 2.50 bits per heavy atom. The molecule has 1 atom stereocenters. The fourth-order valence-electron chi connectivity index (χ4n) is 1.37. The summed E-state index contributed by atoms with van der Waals surface area (Å²) in [4.78, 5) is 13.1. The number of nitrogens with zero attached hydrogens (tertiary/aromatic N) is 1. The standard InChI is InChI=1S/C10H10N2OS/c1-7-9(13)12(10(11)14-7)8-5-3-2-4-6-8/h2-7,11H,1H3. The highest BCUT2D eigenvalue weighted by Gasteiger charge is 2.34. The van der Waals surface area contributed by atoms with Gasteiger partial charge in [0.05, 0.1) is 10.9 Å². The maximum Gasteiger partial charge on any atom is 0.246 e. The Hall–Kier alpha value is -1.29. The summed E-state index contributed by atoms with van der Waals surface area (Å²) in [6, 6.07) is 9.30. The summed E-state index contributed by atoms with van der Waals surface area (Å²) in [5, 5.41) is 7.85. The molecular formula is C10H10N2OS. The van der Waals surface area contributed by atoms with E-state index in [0.717, 1.165) is 5.69 Å². The molecule has 1 amide bonds. The van der Waals surface area contributed by atoms with E-state index >= 15 is 0 Å². The molecule has 1 heterocycles. The number of nitrogens with one attached hydrogen (secondary N) is 1. The Kier molecular flexibility index (Phi) is 2.29. The molecule has 14 heavy (non-hydrogen) atoms. The molecular weight excluding hydrogens is 196 g/mol. The lowest BCUT2D eigenvalue weighted by atomic mass is 10.3. The quantitative estimate of drug-likeness (QED) is 0.764. The largest absolute Gasteiger partial charge is 0.278 e. The number of thioether (sulfide) groups is 1. The van der Waals surface area contributed by atoms with Crippen LogP contribution in [0, 0.1) is 5.41 Å². The molecule has 1 aromatic rings. The van der Waals surface area contributed by atoms with E-state index in [0.29, 0.717) is 5.17 Å². The van der Waals surface area contributed by atoms with Crippen LogP contribution >= 0.6 is 11.8 Å². The number of benzene rings is 1. The van der Waals surface area contributed by atoms with Crippen molar-refractivity contribution in [2.75, 3.05) is 4.90 Å². The van der Waals surface area contributed by atoms with Crippen LogP contribution in [0.4, 0.5) is 5.69 Å². The number of amidine groups is 1. The van der Waals surface area contributed by atoms with E-state index in [-0.39, 0.29) is 11.2 Å². The Morgan fingerprint density at radius 2 is 2.00 bits per heavy atom. The van der Waals surface area contributed by atoms with Crippen molar-refractivity contribution in [3.8, 4) is 0 Å². The highest BCUT2D eigenvalue weighted by atomic mass is 32.2. The van der Waals surface area contributed by atoms with E-state index < -0.39 is 0 Å². The van der Waals surface area contributed by atoms with Gasteiger partial charge in [-0.1, -0.05) is 30.0 Å². The molecule has 0 aromatic heterocycles. The smallest absolute Gasteiger partial charge is 0.246 e. The molecule has 1 N–H and O–H groups in total. The summed E-state index contributed by atoms with van der Waals surface area (Å²) in [5.74, 6) is -0.00815. The van der Waals surface area contributed by atoms with Crippen LogP contribution in [0.25, 0.3) is 0 Å². The summed E-state index contributed by atoms with van der Waals surface area (Å²) in [6.07, 6.45) is 0. The van der Waals surface area contributed by atoms with Gasteiger partial charge in [0, 0.05) is 0 Å². The fourth-order valence-corrected chi connectivity index (χ4v) is 2.22. The number of amides is 1. The number of hydrogen-bond acceptors (Lipinski definition) is 3. The molecule has 0 aliphatic carbocycles. The summed E-state index contributed by atoms with van der Waals surface area (Å²) in [7, 11) is 0. The number of rotatable bonds is 1. The predicted molar refractivity (Wildman–Crippen MR) is 58.7 cm³/mol. The second-order valence-electron chi connectivity index (χ2n) is 3.07. The number of hydrogen-bond donors (Lipinski definition) is 1. The Labute approximate surface area is 86.6 Å². The summed E-state index contributed by atoms with van der Waals surface area (Å²) < 4.78 is 0. The minimum absolute atomic E-state index is 0.00815. The van der Waals surface area contributed by atoms with Crippen molar-refractivity contribution >= 4 is 28.5 Å². The first-order chi connectivity index (χ1) is 6.70. The third kappa shape index (κ3) is 1.42. The maximum absolute atomic E-state index is 11.7. The molecule has 72 valence electrons. The van der Waals surface area contributed by atoms with Gasteiger partial charge < -0.3 is 0 Å². The molecule has 4 heteroatoms. The molecule has 0 radical (unpaired) electrons. The van der Waals surface area contributed by atoms with E-state index in [2.05, 4.69) is 0 Å². The fraction of sp³-hybridized carbons (Fsp3) is 0.200. The van der Waals surface area contributed by atoms with Crippen LogP contribution in [-0.2, 0) is 4.79 Å². The Morgan fingerprint density at radius 1 is 1.36 bits per heavy atom. The van der Waals surface area contributed by atoms with E-state index in [1.54, 1.807) is 0 Å². The van der Waals surface area contributed by atoms with Gasteiger partial charge in [0.25, 0.3) is 0 Å². The van der Waals surface area contributed by atoms with Crippen molar-refractivity contribution in [2.45, 2.75) is 12.2 Å². The number of carbonyl (C=O) groups is 1. The first-order valence-electron chi connectivity index (χ1n) is 4.34. The average Bonchev–Trinajstić information content (AvgIpc) is 2.43. The van der Waals surface area contributed by atoms with Gasteiger partial charge in [-0.25, -0.2) is 0 Å². The summed E-state index contributed by atoms with van der Waals surface area (Å²) in [6.45, 7) is 1.82. The van der Waals surface area contributed by atoms with Crippen molar-refractivity contribution in [3.05, 3.63) is 30.3 Å². The van der Waals surface area contributed by atoms with E-state index in [9.17, 15) is 4.79 Å². The third-order valence-electron chi connectivity index (χ3n) is 2.07. The minimum Gasteiger partial charge on any atom is -0.278 e. The molecule has 0 saturated carbocycles. The highest BCUT2D eigenvalue weighted by molar-refractivity contribution is 8.16. The molecule has 0 bridgehead atoms. The lowest BCUT2D eigenvalue weighted by Crippen LogP contribution is -2.30. The number of carbonyl (C=O) groups excluding carboxylic acids is 1. The highest BCUT2D eigenvalue weighted by Crippen LogP contribution is 2.30. The van der Waals surface area contributed by atoms with Gasteiger partial charge in [-0.3, -0.25) is 15.1 Å². The lowest BCUT2D eigenvalue weighted by Gasteiger charge is -2.14. The average molecular weight is 206 g/mol. The van der Waals surface area contributed by atoms with Gasteiger partial charge in [0.2, 0.25) is 5.91 Å². The van der Waals surface area contributed by atoms with E-state index in [1.165, 1.54) is 16.7 Å². The van der Waals surface area contributed by atoms with Crippen molar-refractivity contribution < 1.29 is 4.79 Å². The first kappa shape index (κ1) is 9.27. The predicted octanol–water partition coefficient (Wildman–Crippen LogP) is 2.09. The molecule has 0 spiro atoms. The summed E-state index contributed by atoms with van der Waals surface area (Å²) in [5.41, 5.74) is 0.777. The van der Waals surface area contributed by atoms with Gasteiger partial charge in [-0.05, 0) is 19.1 Å². The normalized spacial score (nSPS) is 21.8. The zero-order valence-electron chi connectivity index (χ0n) is 7.73. The number of para-hydroxylation sites is 1. The lowest BCUT2D eigenvalue weighted by molar-refractivity contribution is -0.116. The molecule has 1 saturated heterocycles. The molecule has 3 nitrogen and oxygen atoms in total. The second-order valence-corrected chi connectivity index (χ2v) is 4.40. The molecule has 1 unspecified atom stereocenters. The topological polar surface area (TPSA) is 44.2 Å². The monoisotopic (exact) mass is 206 g/mol. The molecule has 1 aliphatic rings. The van der Waals surface area contributed by atoms with Gasteiger partial charge in [-0.2, -0.15) is 0 Å². The Balaban J connectivity index is 2.36. The number of anilines is 1. The molecule has 1 aromatic carbocycles. The van der Waals surface area contributed by atoms with Crippen molar-refractivity contribution in [1.82, 2.24) is 0 Å². The van der Waals surface area contributed by atoms with Gasteiger partial charge in [0.15, 0.2) is 5.17 Å². The minimum atomic E-state index is -0.136. The van der Waals surface area contributed by atoms with Crippen LogP contribution in [0.3, 0.4) is 0 Å². The van der Waals surface area contributed by atoms with Crippen LogP contribution in [0.5, 0.6) is 0 Å². The van der Waals surface area contributed by atoms with Crippen LogP contribution in [0.1, 0.15) is 6.92 Å². The van der Waals surface area contributed by atoms with Crippen LogP contribution in [-0.4, -0.2) is 16.3 Å². The van der Waals surface area contributed by atoms with Gasteiger partial charge in [-0.15, -0.1) is 0 Å². The molecule has 1 fully saturated rings. The van der Waals surface area contributed by atoms with Crippen LogP contribution in [0.15, 0.2) is 30.3 Å². The van der Waals surface area contributed by atoms with Crippen molar-refractivity contribution in [1.29, 1.82) is 5.41 Å². The van der Waals surface area contributed by atoms with Crippen LogP contribution in [0.2, 0.25) is 0 Å². The zero-order chi connectivity index (χ0) is 10.1. The SMILES string of the molecule is CC1SC(=N)N(c2ccccc2)C1=O. The third-order valence-corrected chi connectivity index (χ3v) is 3.04.